The zero-order chi connectivity index (χ0) is 9.45. The number of rotatable bonds is 6. The van der Waals surface area contributed by atoms with Gasteiger partial charge in [-0.15, -0.1) is 6.42 Å². The van der Waals surface area contributed by atoms with Gasteiger partial charge in [0.05, 0.1) is 6.16 Å². The van der Waals surface area contributed by atoms with Crippen LogP contribution < -0.4 is 0 Å². The number of hydrogen-bond donors (Lipinski definition) is 0. The van der Waals surface area contributed by atoms with E-state index in [9.17, 15) is 4.57 Å². The van der Waals surface area contributed by atoms with E-state index in [4.69, 9.17) is 15.5 Å². The largest absolute Gasteiger partial charge is 0.331 e. The highest BCUT2D eigenvalue weighted by molar-refractivity contribution is 7.53. The molecule has 0 aliphatic rings. The van der Waals surface area contributed by atoms with Crippen molar-refractivity contribution in [1.82, 2.24) is 0 Å². The quantitative estimate of drug-likeness (QED) is 0.476. The van der Waals surface area contributed by atoms with Crippen molar-refractivity contribution in [3.8, 4) is 12.3 Å². The minimum Gasteiger partial charge on any atom is -0.312 e. The fraction of sp³-hybridized carbons (Fsp3) is 0.750. The molecular weight excluding hydrogens is 175 g/mol. The first-order chi connectivity index (χ1) is 5.68. The van der Waals surface area contributed by atoms with Gasteiger partial charge >= 0.3 is 7.60 Å². The fourth-order valence-corrected chi connectivity index (χ4v) is 2.09. The van der Waals surface area contributed by atoms with Gasteiger partial charge in [-0.25, -0.2) is 0 Å². The number of terminal acetylenes is 1. The number of unbranched alkanes of at least 4 members (excludes halogenated alkanes) is 1. The van der Waals surface area contributed by atoms with Crippen molar-refractivity contribution in [3.05, 3.63) is 0 Å². The van der Waals surface area contributed by atoms with Crippen molar-refractivity contribution < 1.29 is 13.6 Å². The summed E-state index contributed by atoms with van der Waals surface area (Å²) in [6, 6.07) is 0. The SMILES string of the molecule is C#CCOP(=O)(CCCC)OC. The van der Waals surface area contributed by atoms with E-state index in [0.717, 1.165) is 12.8 Å². The molecule has 4 heteroatoms. The van der Waals surface area contributed by atoms with Crippen molar-refractivity contribution in [1.29, 1.82) is 0 Å². The van der Waals surface area contributed by atoms with Gasteiger partial charge in [-0.3, -0.25) is 9.09 Å². The Morgan fingerprint density at radius 3 is 2.67 bits per heavy atom. The van der Waals surface area contributed by atoms with Gasteiger partial charge in [-0.2, -0.15) is 0 Å². The molecular formula is C8H15O3P. The van der Waals surface area contributed by atoms with Gasteiger partial charge < -0.3 is 4.52 Å². The van der Waals surface area contributed by atoms with E-state index in [0.29, 0.717) is 6.16 Å². The molecule has 0 aromatic heterocycles. The Hall–Kier alpha value is -0.290. The average molecular weight is 190 g/mol. The minimum absolute atomic E-state index is 0.0504. The van der Waals surface area contributed by atoms with Crippen LogP contribution in [0.4, 0.5) is 0 Å². The van der Waals surface area contributed by atoms with Crippen LogP contribution in [0.15, 0.2) is 0 Å². The summed E-state index contributed by atoms with van der Waals surface area (Å²) in [5.74, 6) is 2.26. The molecule has 0 heterocycles. The van der Waals surface area contributed by atoms with Crippen LogP contribution in [0.3, 0.4) is 0 Å². The zero-order valence-electron chi connectivity index (χ0n) is 7.58. The molecule has 0 aliphatic heterocycles. The molecule has 3 nitrogen and oxygen atoms in total. The second-order valence-corrected chi connectivity index (χ2v) is 4.64. The Bertz CT molecular complexity index is 195. The van der Waals surface area contributed by atoms with Crippen LogP contribution in [0.2, 0.25) is 0 Å². The summed E-state index contributed by atoms with van der Waals surface area (Å²) in [5, 5.41) is 0. The molecule has 0 radical (unpaired) electrons. The molecule has 0 fully saturated rings. The predicted molar refractivity (Wildman–Crippen MR) is 49.2 cm³/mol. The summed E-state index contributed by atoms with van der Waals surface area (Å²) < 4.78 is 21.3. The van der Waals surface area contributed by atoms with E-state index < -0.39 is 7.60 Å². The van der Waals surface area contributed by atoms with Crippen molar-refractivity contribution >= 4 is 7.60 Å². The molecule has 1 atom stereocenters. The number of hydrogen-bond acceptors (Lipinski definition) is 3. The molecule has 0 aromatic carbocycles. The summed E-state index contributed by atoms with van der Waals surface area (Å²) in [6.07, 6.45) is 7.21. The van der Waals surface area contributed by atoms with Gasteiger partial charge in [-0.05, 0) is 6.42 Å². The van der Waals surface area contributed by atoms with E-state index in [1.165, 1.54) is 7.11 Å². The van der Waals surface area contributed by atoms with E-state index in [1.54, 1.807) is 0 Å². The lowest BCUT2D eigenvalue weighted by atomic mass is 10.4. The molecule has 12 heavy (non-hydrogen) atoms. The molecule has 0 bridgehead atoms. The Labute approximate surface area is 74.0 Å². The van der Waals surface area contributed by atoms with Crippen molar-refractivity contribution in [2.24, 2.45) is 0 Å². The molecule has 0 aliphatic carbocycles. The Kier molecular flexibility index (Phi) is 6.10. The second kappa shape index (κ2) is 6.25. The third-order valence-electron chi connectivity index (χ3n) is 1.41. The van der Waals surface area contributed by atoms with Crippen LogP contribution in [0, 0.1) is 12.3 Å². The fourth-order valence-electron chi connectivity index (χ4n) is 0.696. The maximum absolute atomic E-state index is 11.6. The first-order valence-corrected chi connectivity index (χ1v) is 5.64. The highest BCUT2D eigenvalue weighted by atomic mass is 31.2. The predicted octanol–water partition coefficient (Wildman–Crippen LogP) is 2.28. The van der Waals surface area contributed by atoms with Gasteiger partial charge in [0, 0.05) is 7.11 Å². The van der Waals surface area contributed by atoms with Gasteiger partial charge in [0.25, 0.3) is 0 Å². The lowest BCUT2D eigenvalue weighted by Gasteiger charge is -2.13. The van der Waals surface area contributed by atoms with Gasteiger partial charge in [0.1, 0.15) is 6.61 Å². The molecule has 0 rings (SSSR count). The Morgan fingerprint density at radius 2 is 2.25 bits per heavy atom. The molecule has 1 unspecified atom stereocenters. The zero-order valence-corrected chi connectivity index (χ0v) is 8.47. The summed E-state index contributed by atoms with van der Waals surface area (Å²) in [4.78, 5) is 0. The maximum Gasteiger partial charge on any atom is 0.331 e. The molecule has 70 valence electrons. The van der Waals surface area contributed by atoms with E-state index >= 15 is 0 Å². The van der Waals surface area contributed by atoms with Crippen molar-refractivity contribution in [2.45, 2.75) is 19.8 Å². The maximum atomic E-state index is 11.6. The normalized spacial score (nSPS) is 15.1. The lowest BCUT2D eigenvalue weighted by molar-refractivity contribution is 0.257. The topological polar surface area (TPSA) is 35.5 Å². The Balaban J connectivity index is 3.89. The monoisotopic (exact) mass is 190 g/mol. The summed E-state index contributed by atoms with van der Waals surface area (Å²) in [7, 11) is -1.49. The molecule has 0 saturated heterocycles. The highest BCUT2D eigenvalue weighted by Gasteiger charge is 2.20. The molecule has 0 N–H and O–H groups in total. The second-order valence-electron chi connectivity index (χ2n) is 2.35. The van der Waals surface area contributed by atoms with Gasteiger partial charge in [0.15, 0.2) is 0 Å². The highest BCUT2D eigenvalue weighted by Crippen LogP contribution is 2.47. The van der Waals surface area contributed by atoms with Crippen LogP contribution in [-0.2, 0) is 13.6 Å². The van der Waals surface area contributed by atoms with Gasteiger partial charge in [-0.1, -0.05) is 19.3 Å². The van der Waals surface area contributed by atoms with Gasteiger partial charge in [0.2, 0.25) is 0 Å². The van der Waals surface area contributed by atoms with Crippen LogP contribution >= 0.6 is 7.60 Å². The average Bonchev–Trinajstić information content (AvgIpc) is 2.11. The summed E-state index contributed by atoms with van der Waals surface area (Å²) in [5.41, 5.74) is 0. The summed E-state index contributed by atoms with van der Waals surface area (Å²) in [6.45, 7) is 2.07. The Morgan fingerprint density at radius 1 is 1.58 bits per heavy atom. The van der Waals surface area contributed by atoms with Crippen molar-refractivity contribution in [3.63, 3.8) is 0 Å². The molecule has 0 spiro atoms. The first kappa shape index (κ1) is 11.7. The standard InChI is InChI=1S/C8H15O3P/c1-4-6-8-12(9,10-3)11-7-5-2/h2H,4,6-8H2,1,3H3. The minimum atomic E-state index is -2.88. The summed E-state index contributed by atoms with van der Waals surface area (Å²) >= 11 is 0. The third kappa shape index (κ3) is 4.56. The van der Waals surface area contributed by atoms with Crippen LogP contribution in [0.5, 0.6) is 0 Å². The third-order valence-corrected chi connectivity index (χ3v) is 3.35. The van der Waals surface area contributed by atoms with E-state index in [-0.39, 0.29) is 6.61 Å². The van der Waals surface area contributed by atoms with Crippen LogP contribution in [0.25, 0.3) is 0 Å². The van der Waals surface area contributed by atoms with Crippen LogP contribution in [-0.4, -0.2) is 19.9 Å². The lowest BCUT2D eigenvalue weighted by Crippen LogP contribution is -1.97. The van der Waals surface area contributed by atoms with E-state index in [2.05, 4.69) is 5.92 Å². The van der Waals surface area contributed by atoms with Crippen LogP contribution in [0.1, 0.15) is 19.8 Å². The molecule has 0 aromatic rings. The molecule has 0 saturated carbocycles. The first-order valence-electron chi connectivity index (χ1n) is 3.91. The smallest absolute Gasteiger partial charge is 0.312 e. The van der Waals surface area contributed by atoms with Crippen molar-refractivity contribution in [2.75, 3.05) is 19.9 Å². The van der Waals surface area contributed by atoms with E-state index in [1.807, 2.05) is 6.92 Å². The molecule has 0 amide bonds.